The average Bonchev–Trinajstić information content (AvgIpc) is 2.71. The summed E-state index contributed by atoms with van der Waals surface area (Å²) in [5.74, 6) is 0.637. The molecular formula is C15H21BrN2O2+2. The van der Waals surface area contributed by atoms with Gasteiger partial charge in [-0.25, -0.2) is 4.48 Å². The van der Waals surface area contributed by atoms with Gasteiger partial charge in [0.25, 0.3) is 0 Å². The molecule has 0 aromatic heterocycles. The number of piperazine rings is 1. The number of benzene rings is 1. The molecule has 5 heteroatoms. The van der Waals surface area contributed by atoms with Gasteiger partial charge < -0.3 is 9.22 Å². The normalized spacial score (nSPS) is 32.7. The standard InChI is InChI=1S/C15H21BrN2O2/c1-17-7-2-8-18(11-9-17,12-10-17)15(19)20-14-5-3-13(16)4-6-14/h3-6H,2,7-12H2,1H3/q+2. The first-order valence-electron chi connectivity index (χ1n) is 7.19. The van der Waals surface area contributed by atoms with Crippen LogP contribution < -0.4 is 4.74 Å². The van der Waals surface area contributed by atoms with Crippen LogP contribution in [0.2, 0.25) is 0 Å². The molecule has 0 saturated carbocycles. The Morgan fingerprint density at radius 2 is 1.70 bits per heavy atom. The van der Waals surface area contributed by atoms with Crippen molar-refractivity contribution in [2.75, 3.05) is 46.3 Å². The van der Waals surface area contributed by atoms with Gasteiger partial charge >= 0.3 is 6.09 Å². The van der Waals surface area contributed by atoms with Crippen LogP contribution in [0.4, 0.5) is 4.79 Å². The first kappa shape index (κ1) is 14.0. The van der Waals surface area contributed by atoms with Crippen molar-refractivity contribution in [3.63, 3.8) is 0 Å². The Morgan fingerprint density at radius 3 is 2.35 bits per heavy atom. The molecule has 3 aliphatic rings. The quantitative estimate of drug-likeness (QED) is 0.734. The summed E-state index contributed by atoms with van der Waals surface area (Å²) in [6.45, 7) is 6.08. The van der Waals surface area contributed by atoms with E-state index >= 15 is 0 Å². The molecule has 3 heterocycles. The van der Waals surface area contributed by atoms with Gasteiger partial charge in [-0.1, -0.05) is 15.9 Å². The third-order valence-electron chi connectivity index (χ3n) is 4.83. The first-order valence-corrected chi connectivity index (χ1v) is 7.98. The zero-order chi connectivity index (χ0) is 14.2. The van der Waals surface area contributed by atoms with Gasteiger partial charge in [0.1, 0.15) is 31.9 Å². The number of carbonyl (C=O) groups excluding carboxylic acids is 1. The van der Waals surface area contributed by atoms with Crippen molar-refractivity contribution in [2.24, 2.45) is 0 Å². The number of ether oxygens (including phenoxy) is 1. The zero-order valence-electron chi connectivity index (χ0n) is 11.8. The van der Waals surface area contributed by atoms with Crippen molar-refractivity contribution in [1.29, 1.82) is 0 Å². The predicted molar refractivity (Wildman–Crippen MR) is 80.4 cm³/mol. The van der Waals surface area contributed by atoms with Crippen molar-refractivity contribution in [1.82, 2.24) is 0 Å². The molecular weight excluding hydrogens is 320 g/mol. The van der Waals surface area contributed by atoms with Crippen LogP contribution in [0, 0.1) is 0 Å². The highest BCUT2D eigenvalue weighted by molar-refractivity contribution is 9.10. The number of hydrogen-bond acceptors (Lipinski definition) is 2. The molecule has 0 radical (unpaired) electrons. The van der Waals surface area contributed by atoms with Crippen LogP contribution in [0.3, 0.4) is 0 Å². The second kappa shape index (κ2) is 5.13. The molecule has 0 N–H and O–H groups in total. The Bertz CT molecular complexity index is 507. The number of likely N-dealkylation sites (N-methyl/N-ethyl adjacent to an activating group) is 1. The third-order valence-corrected chi connectivity index (χ3v) is 5.35. The van der Waals surface area contributed by atoms with Gasteiger partial charge in [0.2, 0.25) is 0 Å². The van der Waals surface area contributed by atoms with Gasteiger partial charge in [-0.05, 0) is 24.3 Å². The number of hydrogen-bond donors (Lipinski definition) is 0. The van der Waals surface area contributed by atoms with Crippen LogP contribution in [0.1, 0.15) is 6.42 Å². The summed E-state index contributed by atoms with van der Waals surface area (Å²) in [7, 11) is 2.30. The van der Waals surface area contributed by atoms with Crippen LogP contribution in [0.15, 0.2) is 28.7 Å². The number of quaternary nitrogens is 2. The lowest BCUT2D eigenvalue weighted by molar-refractivity contribution is -0.976. The maximum absolute atomic E-state index is 12.6. The predicted octanol–water partition coefficient (Wildman–Crippen LogP) is 2.63. The van der Waals surface area contributed by atoms with Crippen LogP contribution in [0.5, 0.6) is 5.75 Å². The molecule has 1 aromatic rings. The van der Waals surface area contributed by atoms with Crippen LogP contribution >= 0.6 is 15.9 Å². The molecule has 4 nitrogen and oxygen atoms in total. The largest absolute Gasteiger partial charge is 0.521 e. The van der Waals surface area contributed by atoms with E-state index in [1.54, 1.807) is 0 Å². The Hall–Kier alpha value is -0.910. The molecule has 4 rings (SSSR count). The number of rotatable bonds is 1. The number of nitrogens with zero attached hydrogens (tertiary/aromatic N) is 2. The lowest BCUT2D eigenvalue weighted by Gasteiger charge is -2.41. The second-order valence-corrected chi connectivity index (χ2v) is 7.20. The Kier molecular flexibility index (Phi) is 3.60. The van der Waals surface area contributed by atoms with Crippen LogP contribution in [-0.4, -0.2) is 61.4 Å². The molecule has 3 saturated heterocycles. The number of halogens is 1. The Morgan fingerprint density at radius 1 is 1.05 bits per heavy atom. The molecule has 3 fully saturated rings. The highest BCUT2D eigenvalue weighted by Gasteiger charge is 2.49. The molecule has 3 aliphatic heterocycles. The minimum Gasteiger partial charge on any atom is -0.381 e. The lowest BCUT2D eigenvalue weighted by Crippen LogP contribution is -2.65. The second-order valence-electron chi connectivity index (χ2n) is 6.28. The summed E-state index contributed by atoms with van der Waals surface area (Å²) in [4.78, 5) is 12.6. The van der Waals surface area contributed by atoms with Crippen molar-refractivity contribution < 1.29 is 18.5 Å². The van der Waals surface area contributed by atoms with E-state index in [9.17, 15) is 4.79 Å². The molecule has 1 amide bonds. The van der Waals surface area contributed by atoms with Gasteiger partial charge in [-0.15, -0.1) is 0 Å². The fourth-order valence-corrected chi connectivity index (χ4v) is 3.53. The molecule has 0 aliphatic carbocycles. The van der Waals surface area contributed by atoms with Gasteiger partial charge in [0.15, 0.2) is 0 Å². The van der Waals surface area contributed by atoms with Crippen LogP contribution in [-0.2, 0) is 0 Å². The lowest BCUT2D eigenvalue weighted by atomic mass is 10.2. The summed E-state index contributed by atoms with van der Waals surface area (Å²) in [5.41, 5.74) is 0. The third kappa shape index (κ3) is 2.62. The molecule has 2 bridgehead atoms. The first-order chi connectivity index (χ1) is 9.51. The minimum atomic E-state index is -0.0829. The van der Waals surface area contributed by atoms with E-state index in [1.165, 1.54) is 6.54 Å². The van der Waals surface area contributed by atoms with Crippen LogP contribution in [0.25, 0.3) is 0 Å². The van der Waals surface area contributed by atoms with E-state index in [-0.39, 0.29) is 6.09 Å². The highest BCUT2D eigenvalue weighted by Crippen LogP contribution is 2.26. The van der Waals surface area contributed by atoms with Crippen molar-refractivity contribution in [2.45, 2.75) is 6.42 Å². The van der Waals surface area contributed by atoms with Gasteiger partial charge in [0.05, 0.1) is 20.1 Å². The smallest absolute Gasteiger partial charge is 0.381 e. The van der Waals surface area contributed by atoms with Crippen molar-refractivity contribution >= 4 is 22.0 Å². The average molecular weight is 341 g/mol. The van der Waals surface area contributed by atoms with E-state index in [2.05, 4.69) is 23.0 Å². The summed E-state index contributed by atoms with van der Waals surface area (Å²) < 4.78 is 8.23. The highest BCUT2D eigenvalue weighted by atomic mass is 79.9. The maximum Gasteiger partial charge on any atom is 0.521 e. The van der Waals surface area contributed by atoms with E-state index in [0.29, 0.717) is 10.2 Å². The van der Waals surface area contributed by atoms with Crippen molar-refractivity contribution in [3.8, 4) is 5.75 Å². The van der Waals surface area contributed by atoms with E-state index < -0.39 is 0 Å². The molecule has 1 aromatic carbocycles. The Balaban J connectivity index is 1.75. The Labute approximate surface area is 128 Å². The number of amides is 1. The minimum absolute atomic E-state index is 0.0829. The summed E-state index contributed by atoms with van der Waals surface area (Å²) in [5, 5.41) is 0. The maximum atomic E-state index is 12.6. The summed E-state index contributed by atoms with van der Waals surface area (Å²) in [6, 6.07) is 7.47. The van der Waals surface area contributed by atoms with Crippen molar-refractivity contribution in [3.05, 3.63) is 28.7 Å². The fraction of sp³-hybridized carbons (Fsp3) is 0.533. The van der Waals surface area contributed by atoms with Gasteiger partial charge in [0, 0.05) is 10.9 Å². The summed E-state index contributed by atoms with van der Waals surface area (Å²) in [6.07, 6.45) is 1.02. The molecule has 20 heavy (non-hydrogen) atoms. The zero-order valence-corrected chi connectivity index (χ0v) is 13.4. The van der Waals surface area contributed by atoms with E-state index in [0.717, 1.165) is 48.1 Å². The molecule has 0 unspecified atom stereocenters. The number of carbonyl (C=O) groups is 1. The fourth-order valence-electron chi connectivity index (χ4n) is 3.27. The van der Waals surface area contributed by atoms with Gasteiger partial charge in [-0.3, -0.25) is 0 Å². The van der Waals surface area contributed by atoms with E-state index in [4.69, 9.17) is 4.74 Å². The van der Waals surface area contributed by atoms with Gasteiger partial charge in [-0.2, -0.15) is 4.79 Å². The molecule has 108 valence electrons. The number of fused-ring (bicyclic) bond motifs is 4. The molecule has 0 atom stereocenters. The topological polar surface area (TPSA) is 26.3 Å². The van der Waals surface area contributed by atoms with E-state index in [1.807, 2.05) is 24.3 Å². The monoisotopic (exact) mass is 340 g/mol. The summed E-state index contributed by atoms with van der Waals surface area (Å²) >= 11 is 3.39. The SMILES string of the molecule is C[N+]12CCC[N+](C(=O)Oc3ccc(Br)cc3)(CC1)CC2. The molecule has 0 spiro atoms.